The molecule has 0 rings (SSSR count). The maximum Gasteiger partial charge on any atom is 0.472 e. The SMILES string of the molecule is CC(C)CCCCCCCCCCCCC(=O)OC[C@H](COP(=O)(O)OC[C@@H](O)CO)OC(=O)CCC/C=C\C/C=C\C/C=C\C/C=C\CCC[C@H](C)O. The van der Waals surface area contributed by atoms with Gasteiger partial charge in [0.25, 0.3) is 0 Å². The lowest BCUT2D eigenvalue weighted by atomic mass is 10.0. The van der Waals surface area contributed by atoms with E-state index in [-0.39, 0.29) is 25.6 Å². The lowest BCUT2D eigenvalue weighted by Gasteiger charge is -2.20. The molecule has 0 aromatic carbocycles. The van der Waals surface area contributed by atoms with Crippen molar-refractivity contribution in [3.05, 3.63) is 48.6 Å². The number of aliphatic hydroxyl groups is 3. The van der Waals surface area contributed by atoms with Gasteiger partial charge in [0.15, 0.2) is 6.10 Å². The van der Waals surface area contributed by atoms with Crippen LogP contribution in [0.1, 0.15) is 156 Å². The van der Waals surface area contributed by atoms with Crippen molar-refractivity contribution in [1.29, 1.82) is 0 Å². The predicted octanol–water partition coefficient (Wildman–Crippen LogP) is 9.38. The topological polar surface area (TPSA) is 169 Å². The average Bonchev–Trinajstić information content (AvgIpc) is 3.13. The Morgan fingerprint density at radius 2 is 1.07 bits per heavy atom. The molecule has 0 aromatic heterocycles. The van der Waals surface area contributed by atoms with Gasteiger partial charge in [0.1, 0.15) is 12.7 Å². The van der Waals surface area contributed by atoms with Gasteiger partial charge in [-0.15, -0.1) is 0 Å². The van der Waals surface area contributed by atoms with Gasteiger partial charge >= 0.3 is 19.8 Å². The normalized spacial score (nSPS) is 15.1. The Morgan fingerprint density at radius 1 is 0.593 bits per heavy atom. The molecule has 0 aliphatic heterocycles. The number of aliphatic hydroxyl groups excluding tert-OH is 3. The Balaban J connectivity index is 4.44. The van der Waals surface area contributed by atoms with Crippen molar-refractivity contribution in [2.75, 3.05) is 26.4 Å². The highest BCUT2D eigenvalue weighted by Gasteiger charge is 2.27. The second-order valence-electron chi connectivity index (χ2n) is 14.4. The smallest absolute Gasteiger partial charge is 0.462 e. The van der Waals surface area contributed by atoms with Crippen LogP contribution < -0.4 is 0 Å². The van der Waals surface area contributed by atoms with Crippen molar-refractivity contribution in [3.8, 4) is 0 Å². The first-order valence-corrected chi connectivity index (χ1v) is 22.0. The fourth-order valence-electron chi connectivity index (χ4n) is 5.25. The van der Waals surface area contributed by atoms with Crippen molar-refractivity contribution in [1.82, 2.24) is 0 Å². The number of unbranched alkanes of at least 4 members (excludes halogenated alkanes) is 11. The van der Waals surface area contributed by atoms with E-state index in [0.29, 0.717) is 19.3 Å². The number of hydrogen-bond acceptors (Lipinski definition) is 10. The Hall–Kier alpha value is -2.11. The number of phosphoric ester groups is 1. The van der Waals surface area contributed by atoms with Gasteiger partial charge in [-0.3, -0.25) is 18.6 Å². The van der Waals surface area contributed by atoms with Crippen LogP contribution in [-0.4, -0.2) is 76.9 Å². The summed E-state index contributed by atoms with van der Waals surface area (Å²) < 4.78 is 32.6. The second kappa shape index (κ2) is 36.5. The maximum atomic E-state index is 12.6. The summed E-state index contributed by atoms with van der Waals surface area (Å²) in [5.74, 6) is -0.226. The standard InChI is InChI=1S/C42H75O11P/c1-37(2)29-25-21-17-13-11-12-15-19-23-27-31-41(46)50-35-40(36-52-54(48,49)51-34-39(45)33-43)53-42(47)32-28-24-20-16-10-8-6-4-5-7-9-14-18-22-26-30-38(3)44/h5-8,14,16,18,20,37-40,43-45H,4,9-13,15,17,19,21-36H2,1-3H3,(H,48,49)/b7-5-,8-6-,18-14-,20-16-/t38-,39-,40+/m0/s1. The maximum absolute atomic E-state index is 12.6. The summed E-state index contributed by atoms with van der Waals surface area (Å²) in [4.78, 5) is 34.9. The predicted molar refractivity (Wildman–Crippen MR) is 216 cm³/mol. The van der Waals surface area contributed by atoms with Crippen LogP contribution in [0.4, 0.5) is 0 Å². The highest BCUT2D eigenvalue weighted by atomic mass is 31.2. The third-order valence-corrected chi connectivity index (χ3v) is 9.38. The van der Waals surface area contributed by atoms with E-state index in [1.807, 2.05) is 19.1 Å². The van der Waals surface area contributed by atoms with Crippen LogP contribution in [0.5, 0.6) is 0 Å². The van der Waals surface area contributed by atoms with Crippen LogP contribution in [0, 0.1) is 5.92 Å². The van der Waals surface area contributed by atoms with Gasteiger partial charge in [-0.25, -0.2) is 4.57 Å². The van der Waals surface area contributed by atoms with E-state index in [1.54, 1.807) is 0 Å². The molecule has 0 amide bonds. The van der Waals surface area contributed by atoms with E-state index in [4.69, 9.17) is 19.1 Å². The van der Waals surface area contributed by atoms with Crippen molar-refractivity contribution in [2.45, 2.75) is 174 Å². The lowest BCUT2D eigenvalue weighted by molar-refractivity contribution is -0.161. The van der Waals surface area contributed by atoms with Crippen LogP contribution in [0.3, 0.4) is 0 Å². The Kier molecular flexibility index (Phi) is 35.1. The fraction of sp³-hybridized carbons (Fsp3) is 0.762. The molecular formula is C42H75O11P. The molecule has 0 heterocycles. The number of rotatable bonds is 37. The zero-order valence-electron chi connectivity index (χ0n) is 33.7. The van der Waals surface area contributed by atoms with Crippen LogP contribution in [0.2, 0.25) is 0 Å². The van der Waals surface area contributed by atoms with Gasteiger partial charge in [0.05, 0.1) is 25.9 Å². The zero-order valence-corrected chi connectivity index (χ0v) is 34.6. The number of allylic oxidation sites excluding steroid dienone is 8. The number of carbonyl (C=O) groups is 2. The molecule has 4 atom stereocenters. The molecule has 0 aliphatic rings. The van der Waals surface area contributed by atoms with Crippen molar-refractivity contribution >= 4 is 19.8 Å². The summed E-state index contributed by atoms with van der Waals surface area (Å²) in [6.07, 6.45) is 33.7. The number of hydrogen-bond donors (Lipinski definition) is 4. The third-order valence-electron chi connectivity index (χ3n) is 8.43. The summed E-state index contributed by atoms with van der Waals surface area (Å²) in [6, 6.07) is 0. The number of esters is 2. The summed E-state index contributed by atoms with van der Waals surface area (Å²) >= 11 is 0. The molecular weight excluding hydrogens is 711 g/mol. The highest BCUT2D eigenvalue weighted by Crippen LogP contribution is 2.43. The summed E-state index contributed by atoms with van der Waals surface area (Å²) in [5, 5.41) is 27.6. The highest BCUT2D eigenvalue weighted by molar-refractivity contribution is 7.47. The van der Waals surface area contributed by atoms with Crippen molar-refractivity contribution in [3.63, 3.8) is 0 Å². The van der Waals surface area contributed by atoms with Gasteiger partial charge in [0.2, 0.25) is 0 Å². The molecule has 0 saturated heterocycles. The van der Waals surface area contributed by atoms with Gasteiger partial charge in [0, 0.05) is 12.8 Å². The first kappa shape index (κ1) is 51.9. The second-order valence-corrected chi connectivity index (χ2v) is 15.9. The van der Waals surface area contributed by atoms with Gasteiger partial charge in [-0.05, 0) is 70.6 Å². The van der Waals surface area contributed by atoms with Crippen LogP contribution in [0.15, 0.2) is 48.6 Å². The molecule has 12 heteroatoms. The summed E-state index contributed by atoms with van der Waals surface area (Å²) in [7, 11) is -4.64. The van der Waals surface area contributed by atoms with Crippen molar-refractivity contribution in [2.24, 2.45) is 5.92 Å². The molecule has 0 bridgehead atoms. The quantitative estimate of drug-likeness (QED) is 0.0205. The van der Waals surface area contributed by atoms with E-state index in [2.05, 4.69) is 54.8 Å². The molecule has 0 spiro atoms. The monoisotopic (exact) mass is 787 g/mol. The molecule has 54 heavy (non-hydrogen) atoms. The average molecular weight is 787 g/mol. The molecule has 11 nitrogen and oxygen atoms in total. The zero-order chi connectivity index (χ0) is 40.1. The Morgan fingerprint density at radius 3 is 1.61 bits per heavy atom. The molecule has 314 valence electrons. The van der Waals surface area contributed by atoms with E-state index >= 15 is 0 Å². The summed E-state index contributed by atoms with van der Waals surface area (Å²) in [5.41, 5.74) is 0. The lowest BCUT2D eigenvalue weighted by Crippen LogP contribution is -2.29. The minimum atomic E-state index is -4.64. The van der Waals surface area contributed by atoms with Crippen LogP contribution in [0.25, 0.3) is 0 Å². The Bertz CT molecular complexity index is 1070. The number of ether oxygens (including phenoxy) is 2. The van der Waals surface area contributed by atoms with E-state index < -0.39 is 51.8 Å². The molecule has 1 unspecified atom stereocenters. The molecule has 4 N–H and O–H groups in total. The molecule has 0 radical (unpaired) electrons. The van der Waals surface area contributed by atoms with Crippen LogP contribution in [-0.2, 0) is 32.7 Å². The first-order chi connectivity index (χ1) is 25.9. The largest absolute Gasteiger partial charge is 0.472 e. The Labute approximate surface area is 326 Å². The van der Waals surface area contributed by atoms with E-state index in [1.165, 1.54) is 44.9 Å². The molecule has 0 saturated carbocycles. The first-order valence-electron chi connectivity index (χ1n) is 20.5. The third kappa shape index (κ3) is 38.2. The molecule has 0 fully saturated rings. The van der Waals surface area contributed by atoms with E-state index in [9.17, 15) is 29.3 Å². The van der Waals surface area contributed by atoms with Gasteiger partial charge < -0.3 is 29.7 Å². The fourth-order valence-corrected chi connectivity index (χ4v) is 6.04. The van der Waals surface area contributed by atoms with E-state index in [0.717, 1.165) is 63.7 Å². The molecule has 0 aliphatic carbocycles. The van der Waals surface area contributed by atoms with Crippen LogP contribution >= 0.6 is 7.82 Å². The minimum absolute atomic E-state index is 0.0958. The minimum Gasteiger partial charge on any atom is -0.462 e. The molecule has 0 aromatic rings. The number of carbonyl (C=O) groups excluding carboxylic acids is 2. The summed E-state index contributed by atoms with van der Waals surface area (Å²) in [6.45, 7) is 4.14. The number of phosphoric acid groups is 1. The van der Waals surface area contributed by atoms with Gasteiger partial charge in [-0.2, -0.15) is 0 Å². The van der Waals surface area contributed by atoms with Crippen molar-refractivity contribution < 1.29 is 52.9 Å². The van der Waals surface area contributed by atoms with Gasteiger partial charge in [-0.1, -0.05) is 127 Å².